The predicted octanol–water partition coefficient (Wildman–Crippen LogP) is 2.02. The van der Waals surface area contributed by atoms with Gasteiger partial charge in [-0.15, -0.1) is 0 Å². The zero-order chi connectivity index (χ0) is 11.7. The van der Waals surface area contributed by atoms with E-state index < -0.39 is 0 Å². The van der Waals surface area contributed by atoms with Crippen molar-refractivity contribution in [3.63, 3.8) is 0 Å². The first-order chi connectivity index (χ1) is 7.54. The monoisotopic (exact) mass is 224 g/mol. The van der Waals surface area contributed by atoms with Crippen molar-refractivity contribution in [2.24, 2.45) is 0 Å². The van der Waals surface area contributed by atoms with Gasteiger partial charge in [-0.1, -0.05) is 0 Å². The van der Waals surface area contributed by atoms with Crippen LogP contribution in [0.2, 0.25) is 0 Å². The van der Waals surface area contributed by atoms with Crippen LogP contribution in [0, 0.1) is 5.82 Å². The van der Waals surface area contributed by atoms with E-state index in [1.54, 1.807) is 6.07 Å². The first-order valence-electron chi connectivity index (χ1n) is 5.51. The Hall–Kier alpha value is -1.29. The quantitative estimate of drug-likeness (QED) is 0.742. The average molecular weight is 224 g/mol. The van der Waals surface area contributed by atoms with E-state index in [9.17, 15) is 4.39 Å². The van der Waals surface area contributed by atoms with Gasteiger partial charge in [-0.2, -0.15) is 0 Å². The number of nitrogens with zero attached hydrogens (tertiary/aromatic N) is 1. The zero-order valence-corrected chi connectivity index (χ0v) is 9.61. The van der Waals surface area contributed by atoms with Crippen LogP contribution >= 0.6 is 0 Å². The van der Waals surface area contributed by atoms with Crippen molar-refractivity contribution < 1.29 is 9.13 Å². The number of halogens is 1. The van der Waals surface area contributed by atoms with Crippen LogP contribution in [0.3, 0.4) is 0 Å². The molecule has 1 heterocycles. The molecule has 0 aromatic heterocycles. The van der Waals surface area contributed by atoms with Gasteiger partial charge in [-0.05, 0) is 32.0 Å². The Morgan fingerprint density at radius 3 is 2.44 bits per heavy atom. The average Bonchev–Trinajstić information content (AvgIpc) is 2.14. The number of hydrogen-bond donors (Lipinski definition) is 1. The van der Waals surface area contributed by atoms with Gasteiger partial charge >= 0.3 is 0 Å². The van der Waals surface area contributed by atoms with Gasteiger partial charge in [0.1, 0.15) is 5.82 Å². The van der Waals surface area contributed by atoms with Crippen LogP contribution in [-0.2, 0) is 4.74 Å². The SMILES string of the molecule is C[C@H]1CN(c2cc(N)cc(F)c2)C[C@H](C)O1. The first kappa shape index (κ1) is 11.2. The molecule has 0 saturated carbocycles. The molecule has 2 rings (SSSR count). The summed E-state index contributed by atoms with van der Waals surface area (Å²) in [6, 6.07) is 4.64. The molecular formula is C12H17FN2O. The summed E-state index contributed by atoms with van der Waals surface area (Å²) in [5, 5.41) is 0. The minimum absolute atomic E-state index is 0.160. The smallest absolute Gasteiger partial charge is 0.127 e. The molecule has 1 aromatic carbocycles. The maximum atomic E-state index is 13.2. The summed E-state index contributed by atoms with van der Waals surface area (Å²) in [5.74, 6) is -0.290. The predicted molar refractivity (Wildman–Crippen MR) is 63.0 cm³/mol. The van der Waals surface area contributed by atoms with Crippen LogP contribution in [-0.4, -0.2) is 25.3 Å². The molecule has 2 N–H and O–H groups in total. The molecule has 0 bridgehead atoms. The molecule has 1 fully saturated rings. The molecule has 0 aliphatic carbocycles. The lowest BCUT2D eigenvalue weighted by molar-refractivity contribution is -0.00523. The number of nitrogen functional groups attached to an aromatic ring is 1. The Morgan fingerprint density at radius 2 is 1.88 bits per heavy atom. The van der Waals surface area contributed by atoms with Crippen LogP contribution < -0.4 is 10.6 Å². The Balaban J connectivity index is 2.22. The fourth-order valence-electron chi connectivity index (χ4n) is 2.17. The van der Waals surface area contributed by atoms with Crippen molar-refractivity contribution in [3.8, 4) is 0 Å². The van der Waals surface area contributed by atoms with Crippen LogP contribution in [0.15, 0.2) is 18.2 Å². The van der Waals surface area contributed by atoms with Gasteiger partial charge in [0.05, 0.1) is 12.2 Å². The van der Waals surface area contributed by atoms with E-state index in [0.717, 1.165) is 18.8 Å². The van der Waals surface area contributed by atoms with E-state index in [-0.39, 0.29) is 18.0 Å². The molecule has 88 valence electrons. The molecular weight excluding hydrogens is 207 g/mol. The standard InChI is InChI=1S/C12H17FN2O/c1-8-6-15(7-9(2)16-8)12-4-10(13)3-11(14)5-12/h3-5,8-9H,6-7,14H2,1-2H3/t8-,9-/m0/s1. The van der Waals surface area contributed by atoms with E-state index in [1.165, 1.54) is 12.1 Å². The molecule has 1 saturated heterocycles. The van der Waals surface area contributed by atoms with E-state index in [2.05, 4.69) is 4.90 Å². The van der Waals surface area contributed by atoms with E-state index >= 15 is 0 Å². The molecule has 4 heteroatoms. The summed E-state index contributed by atoms with van der Waals surface area (Å²) >= 11 is 0. The molecule has 0 radical (unpaired) electrons. The largest absolute Gasteiger partial charge is 0.399 e. The summed E-state index contributed by atoms with van der Waals surface area (Å²) in [7, 11) is 0. The number of anilines is 2. The minimum atomic E-state index is -0.290. The third-order valence-electron chi connectivity index (χ3n) is 2.69. The van der Waals surface area contributed by atoms with Gasteiger partial charge in [-0.3, -0.25) is 0 Å². The third kappa shape index (κ3) is 2.44. The van der Waals surface area contributed by atoms with Crippen LogP contribution in [0.25, 0.3) is 0 Å². The fourth-order valence-corrected chi connectivity index (χ4v) is 2.17. The lowest BCUT2D eigenvalue weighted by atomic mass is 10.2. The minimum Gasteiger partial charge on any atom is -0.399 e. The van der Waals surface area contributed by atoms with Crippen molar-refractivity contribution >= 4 is 11.4 Å². The Kier molecular flexibility index (Phi) is 3.01. The van der Waals surface area contributed by atoms with Crippen molar-refractivity contribution in [2.75, 3.05) is 23.7 Å². The zero-order valence-electron chi connectivity index (χ0n) is 9.61. The Morgan fingerprint density at radius 1 is 1.25 bits per heavy atom. The van der Waals surface area contributed by atoms with Crippen molar-refractivity contribution in [1.29, 1.82) is 0 Å². The van der Waals surface area contributed by atoms with Gasteiger partial charge in [0.15, 0.2) is 0 Å². The van der Waals surface area contributed by atoms with Crippen molar-refractivity contribution in [1.82, 2.24) is 0 Å². The van der Waals surface area contributed by atoms with Gasteiger partial charge in [0.25, 0.3) is 0 Å². The molecule has 0 unspecified atom stereocenters. The van der Waals surface area contributed by atoms with E-state index in [4.69, 9.17) is 10.5 Å². The van der Waals surface area contributed by atoms with Crippen LogP contribution in [0.5, 0.6) is 0 Å². The third-order valence-corrected chi connectivity index (χ3v) is 2.69. The number of ether oxygens (including phenoxy) is 1. The summed E-state index contributed by atoms with van der Waals surface area (Å²) in [4.78, 5) is 2.11. The molecule has 3 nitrogen and oxygen atoms in total. The summed E-state index contributed by atoms with van der Waals surface area (Å²) < 4.78 is 18.9. The van der Waals surface area contributed by atoms with Crippen LogP contribution in [0.1, 0.15) is 13.8 Å². The Bertz CT molecular complexity index is 353. The van der Waals surface area contributed by atoms with Gasteiger partial charge in [0.2, 0.25) is 0 Å². The number of nitrogens with two attached hydrogens (primary N) is 1. The molecule has 1 aromatic rings. The summed E-state index contributed by atoms with van der Waals surface area (Å²) in [6.45, 7) is 5.58. The highest BCUT2D eigenvalue weighted by Gasteiger charge is 2.22. The van der Waals surface area contributed by atoms with Gasteiger partial charge < -0.3 is 15.4 Å². The molecule has 0 amide bonds. The van der Waals surface area contributed by atoms with Gasteiger partial charge in [-0.25, -0.2) is 4.39 Å². The number of hydrogen-bond acceptors (Lipinski definition) is 3. The highest BCUT2D eigenvalue weighted by Crippen LogP contribution is 2.23. The highest BCUT2D eigenvalue weighted by atomic mass is 19.1. The van der Waals surface area contributed by atoms with Gasteiger partial charge in [0, 0.05) is 24.5 Å². The lowest BCUT2D eigenvalue weighted by Crippen LogP contribution is -2.45. The molecule has 16 heavy (non-hydrogen) atoms. The maximum absolute atomic E-state index is 13.2. The number of rotatable bonds is 1. The molecule has 0 spiro atoms. The fraction of sp³-hybridized carbons (Fsp3) is 0.500. The normalized spacial score (nSPS) is 25.8. The lowest BCUT2D eigenvalue weighted by Gasteiger charge is -2.36. The second-order valence-electron chi connectivity index (χ2n) is 4.41. The second kappa shape index (κ2) is 4.29. The second-order valence-corrected chi connectivity index (χ2v) is 4.41. The van der Waals surface area contributed by atoms with E-state index in [1.807, 2.05) is 13.8 Å². The van der Waals surface area contributed by atoms with Crippen molar-refractivity contribution in [2.45, 2.75) is 26.1 Å². The van der Waals surface area contributed by atoms with E-state index in [0.29, 0.717) is 5.69 Å². The van der Waals surface area contributed by atoms with Crippen LogP contribution in [0.4, 0.5) is 15.8 Å². The molecule has 1 aliphatic rings. The summed E-state index contributed by atoms with van der Waals surface area (Å²) in [6.07, 6.45) is 0.321. The molecule has 1 aliphatic heterocycles. The summed E-state index contributed by atoms with van der Waals surface area (Å²) in [5.41, 5.74) is 6.93. The van der Waals surface area contributed by atoms with Crippen molar-refractivity contribution in [3.05, 3.63) is 24.0 Å². The number of morpholine rings is 1. The topological polar surface area (TPSA) is 38.5 Å². The maximum Gasteiger partial charge on any atom is 0.127 e. The number of benzene rings is 1. The molecule has 2 atom stereocenters. The first-order valence-corrected chi connectivity index (χ1v) is 5.51. The Labute approximate surface area is 95.0 Å². The highest BCUT2D eigenvalue weighted by molar-refractivity contribution is 5.56.